The van der Waals surface area contributed by atoms with Crippen molar-refractivity contribution in [3.05, 3.63) is 102 Å². The summed E-state index contributed by atoms with van der Waals surface area (Å²) in [6.07, 6.45) is 11.9. The Kier molecular flexibility index (Phi) is 15.7. The van der Waals surface area contributed by atoms with Crippen LogP contribution in [0.2, 0.25) is 0 Å². The zero-order valence-corrected chi connectivity index (χ0v) is 34.5. The van der Waals surface area contributed by atoms with Crippen molar-refractivity contribution in [1.29, 1.82) is 0 Å². The quantitative estimate of drug-likeness (QED) is 0.0519. The van der Waals surface area contributed by atoms with E-state index in [-0.39, 0.29) is 37.7 Å². The highest BCUT2D eigenvalue weighted by Crippen LogP contribution is 2.51. The maximum absolute atomic E-state index is 14.5. The van der Waals surface area contributed by atoms with Crippen LogP contribution < -0.4 is 16.0 Å². The van der Waals surface area contributed by atoms with Gasteiger partial charge in [0.2, 0.25) is 19.2 Å². The molecule has 1 aromatic heterocycles. The molecule has 2 aliphatic carbocycles. The number of carboxylic acid groups (broad SMARTS) is 1. The third kappa shape index (κ3) is 13.0. The highest BCUT2D eigenvalue weighted by molar-refractivity contribution is 7.58. The number of rotatable bonds is 19. The number of benzene rings is 3. The topological polar surface area (TPSA) is 200 Å². The van der Waals surface area contributed by atoms with Gasteiger partial charge in [0.05, 0.1) is 12.2 Å². The minimum absolute atomic E-state index is 0.0207. The van der Waals surface area contributed by atoms with Gasteiger partial charge in [-0.3, -0.25) is 18.9 Å². The summed E-state index contributed by atoms with van der Waals surface area (Å²) in [6.45, 7) is -0.0207. The SMILES string of the molecule is O=C(NC(Cc1cccc2ccccc12)C(=O)N[C@@H](Cc1cnc[nH]1)C(=O)NC(CC1CCCCC1)P(=O)(O)CC(CC1CCCCC1)C(=O)O)OCc1ccccc1. The van der Waals surface area contributed by atoms with Crippen LogP contribution >= 0.6 is 7.37 Å². The number of imidazole rings is 1. The van der Waals surface area contributed by atoms with Gasteiger partial charge in [-0.15, -0.1) is 0 Å². The molecule has 13 nitrogen and oxygen atoms in total. The van der Waals surface area contributed by atoms with Crippen LogP contribution in [0.25, 0.3) is 10.8 Å². The van der Waals surface area contributed by atoms with Crippen molar-refractivity contribution in [3.8, 4) is 0 Å². The second kappa shape index (κ2) is 21.3. The van der Waals surface area contributed by atoms with Crippen LogP contribution in [-0.2, 0) is 43.1 Å². The minimum atomic E-state index is -4.30. The number of nitrogens with one attached hydrogen (secondary N) is 4. The summed E-state index contributed by atoms with van der Waals surface area (Å²) in [5, 5.41) is 20.5. The first-order valence-corrected chi connectivity index (χ1v) is 23.0. The third-order valence-electron chi connectivity index (χ3n) is 12.0. The molecule has 2 aliphatic rings. The second-order valence-electron chi connectivity index (χ2n) is 16.4. The van der Waals surface area contributed by atoms with Crippen LogP contribution in [0.15, 0.2) is 85.3 Å². The summed E-state index contributed by atoms with van der Waals surface area (Å²) in [6, 6.07) is 20.1. The van der Waals surface area contributed by atoms with E-state index in [0.717, 1.165) is 86.1 Å². The highest BCUT2D eigenvalue weighted by Gasteiger charge is 2.41. The number of carboxylic acids is 1. The molecule has 2 fully saturated rings. The van der Waals surface area contributed by atoms with Crippen LogP contribution in [0.3, 0.4) is 0 Å². The molecular weight excluding hydrogens is 769 g/mol. The molecule has 3 aromatic carbocycles. The Morgan fingerprint density at radius 2 is 1.39 bits per heavy atom. The van der Waals surface area contributed by atoms with Gasteiger partial charge in [0.25, 0.3) is 0 Å². The zero-order chi connectivity index (χ0) is 41.6. The molecular formula is C45H58N5O8P. The number of aromatic amines is 1. The van der Waals surface area contributed by atoms with E-state index in [4.69, 9.17) is 4.74 Å². The van der Waals surface area contributed by atoms with E-state index in [0.29, 0.717) is 12.1 Å². The molecule has 14 heteroatoms. The van der Waals surface area contributed by atoms with Crippen molar-refractivity contribution in [2.45, 2.75) is 114 Å². The van der Waals surface area contributed by atoms with Crippen molar-refractivity contribution >= 4 is 42.0 Å². The number of carbonyl (C=O) groups excluding carboxylic acids is 3. The van der Waals surface area contributed by atoms with Gasteiger partial charge in [-0.2, -0.15) is 0 Å². The molecule has 6 rings (SSSR count). The first-order valence-electron chi connectivity index (χ1n) is 21.1. The first kappa shape index (κ1) is 43.6. The Morgan fingerprint density at radius 1 is 0.763 bits per heavy atom. The molecule has 0 bridgehead atoms. The number of hydrogen-bond donors (Lipinski definition) is 6. The molecule has 4 aromatic rings. The van der Waals surface area contributed by atoms with Gasteiger partial charge in [-0.25, -0.2) is 9.78 Å². The van der Waals surface area contributed by atoms with E-state index in [1.807, 2.05) is 72.8 Å². The van der Waals surface area contributed by atoms with Crippen molar-refractivity contribution in [1.82, 2.24) is 25.9 Å². The molecule has 0 radical (unpaired) electrons. The van der Waals surface area contributed by atoms with E-state index >= 15 is 0 Å². The zero-order valence-electron chi connectivity index (χ0n) is 33.6. The molecule has 316 valence electrons. The van der Waals surface area contributed by atoms with Gasteiger partial charge in [0.15, 0.2) is 0 Å². The molecule has 6 N–H and O–H groups in total. The molecule has 0 saturated heterocycles. The maximum Gasteiger partial charge on any atom is 0.408 e. The molecule has 4 unspecified atom stereocenters. The van der Waals surface area contributed by atoms with Crippen molar-refractivity contribution in [2.24, 2.45) is 17.8 Å². The number of aliphatic carboxylic acids is 1. The standard InChI is InChI=1S/C45H58N5O8P/c51-42(39(49-45(55)58-28-33-17-8-3-9-18-33)25-35-21-12-20-34-19-10-11-22-38(34)35)48-40(26-37-27-46-30-47-37)43(52)50-41(24-32-15-6-2-7-16-32)59(56,57)29-36(44(53)54)23-31-13-4-1-5-14-31/h3,8-12,17-22,27,30-32,36,39-41H,1-2,4-7,13-16,23-26,28-29H2,(H,46,47)(H,48,51)(H,49,55)(H,50,52)(H,53,54)(H,56,57)/t36?,39?,40-,41?/m0/s1. The van der Waals surface area contributed by atoms with Crippen LogP contribution in [0, 0.1) is 17.8 Å². The average Bonchev–Trinajstić information content (AvgIpc) is 3.76. The lowest BCUT2D eigenvalue weighted by Gasteiger charge is -2.33. The predicted octanol–water partition coefficient (Wildman–Crippen LogP) is 7.48. The molecule has 5 atom stereocenters. The lowest BCUT2D eigenvalue weighted by Crippen LogP contribution is -2.56. The van der Waals surface area contributed by atoms with E-state index in [1.54, 1.807) is 0 Å². The number of fused-ring (bicyclic) bond motifs is 1. The number of nitrogens with zero attached hydrogens (tertiary/aromatic N) is 1. The van der Waals surface area contributed by atoms with Gasteiger partial charge >= 0.3 is 12.1 Å². The molecule has 1 heterocycles. The van der Waals surface area contributed by atoms with E-state index in [1.165, 1.54) is 12.5 Å². The maximum atomic E-state index is 14.5. The molecule has 59 heavy (non-hydrogen) atoms. The Balaban J connectivity index is 1.24. The van der Waals surface area contributed by atoms with Crippen LogP contribution in [0.1, 0.15) is 93.9 Å². The van der Waals surface area contributed by atoms with Crippen molar-refractivity contribution in [2.75, 3.05) is 6.16 Å². The summed E-state index contributed by atoms with van der Waals surface area (Å²) < 4.78 is 20.0. The van der Waals surface area contributed by atoms with Gasteiger partial charge in [-0.1, -0.05) is 137 Å². The van der Waals surface area contributed by atoms with E-state index < -0.39 is 61.2 Å². The largest absolute Gasteiger partial charge is 0.481 e. The Morgan fingerprint density at radius 3 is 2.07 bits per heavy atom. The number of alkyl carbamates (subject to hydrolysis) is 1. The molecule has 3 amide bonds. The van der Waals surface area contributed by atoms with Crippen molar-refractivity contribution in [3.63, 3.8) is 0 Å². The number of hydrogen-bond acceptors (Lipinski definition) is 7. The summed E-state index contributed by atoms with van der Waals surface area (Å²) in [7, 11) is -4.30. The van der Waals surface area contributed by atoms with Crippen LogP contribution in [-0.4, -0.2) is 67.9 Å². The highest BCUT2D eigenvalue weighted by atomic mass is 31.2. The van der Waals surface area contributed by atoms with Crippen LogP contribution in [0.5, 0.6) is 0 Å². The van der Waals surface area contributed by atoms with Crippen LogP contribution in [0.4, 0.5) is 4.79 Å². The predicted molar refractivity (Wildman–Crippen MR) is 226 cm³/mol. The monoisotopic (exact) mass is 827 g/mol. The summed E-state index contributed by atoms with van der Waals surface area (Å²) >= 11 is 0. The third-order valence-corrected chi connectivity index (χ3v) is 14.3. The molecule has 2 saturated carbocycles. The first-order chi connectivity index (χ1) is 28.5. The van der Waals surface area contributed by atoms with Gasteiger partial charge in [-0.05, 0) is 46.6 Å². The second-order valence-corrected chi connectivity index (χ2v) is 18.9. The number of amides is 3. The smallest absolute Gasteiger partial charge is 0.408 e. The summed E-state index contributed by atoms with van der Waals surface area (Å²) in [4.78, 5) is 73.5. The lowest BCUT2D eigenvalue weighted by atomic mass is 9.83. The molecule has 0 aliphatic heterocycles. The van der Waals surface area contributed by atoms with Crippen molar-refractivity contribution < 1.29 is 38.5 Å². The number of ether oxygens (including phenoxy) is 1. The summed E-state index contributed by atoms with van der Waals surface area (Å²) in [5.41, 5.74) is 2.08. The number of carbonyl (C=O) groups is 4. The number of aromatic nitrogens is 2. The van der Waals surface area contributed by atoms with E-state index in [9.17, 15) is 33.7 Å². The lowest BCUT2D eigenvalue weighted by molar-refractivity contribution is -0.141. The fourth-order valence-corrected chi connectivity index (χ4v) is 10.9. The average molecular weight is 828 g/mol. The minimum Gasteiger partial charge on any atom is -0.481 e. The van der Waals surface area contributed by atoms with Gasteiger partial charge < -0.3 is 35.7 Å². The Labute approximate surface area is 346 Å². The number of H-pyrrole nitrogens is 1. The Hall–Kier alpha value is -5.00. The normalized spacial score (nSPS) is 18.1. The fourth-order valence-electron chi connectivity index (χ4n) is 8.75. The fraction of sp³-hybridized carbons (Fsp3) is 0.489. The summed E-state index contributed by atoms with van der Waals surface area (Å²) in [5.74, 6) is -4.46. The van der Waals surface area contributed by atoms with Gasteiger partial charge in [0.1, 0.15) is 24.5 Å². The Bertz CT molecular complexity index is 2030. The van der Waals surface area contributed by atoms with Gasteiger partial charge in [0, 0.05) is 30.9 Å². The molecule has 0 spiro atoms. The van der Waals surface area contributed by atoms with E-state index in [2.05, 4.69) is 25.9 Å².